The van der Waals surface area contributed by atoms with Crippen LogP contribution in [0.3, 0.4) is 0 Å². The summed E-state index contributed by atoms with van der Waals surface area (Å²) in [5.41, 5.74) is 0.545. The molecule has 0 saturated heterocycles. The van der Waals surface area contributed by atoms with Gasteiger partial charge in [0.25, 0.3) is 0 Å². The van der Waals surface area contributed by atoms with Crippen molar-refractivity contribution in [1.29, 1.82) is 0 Å². The van der Waals surface area contributed by atoms with Gasteiger partial charge in [-0.3, -0.25) is 0 Å². The van der Waals surface area contributed by atoms with Gasteiger partial charge in [0.05, 0.1) is 11.6 Å². The van der Waals surface area contributed by atoms with Crippen molar-refractivity contribution in [3.8, 4) is 11.5 Å². The highest BCUT2D eigenvalue weighted by molar-refractivity contribution is 6.20. The van der Waals surface area contributed by atoms with Crippen LogP contribution in [-0.4, -0.2) is 4.98 Å². The Morgan fingerprint density at radius 3 is 2.59 bits per heavy atom. The van der Waals surface area contributed by atoms with Gasteiger partial charge >= 0.3 is 0 Å². The number of nitrogens with zero attached hydrogens (tertiary/aromatic N) is 1. The van der Waals surface area contributed by atoms with Crippen molar-refractivity contribution in [2.45, 2.75) is 12.3 Å². The van der Waals surface area contributed by atoms with Gasteiger partial charge in [-0.15, -0.1) is 11.6 Å². The van der Waals surface area contributed by atoms with E-state index < -0.39 is 17.0 Å². The van der Waals surface area contributed by atoms with Gasteiger partial charge in [0.15, 0.2) is 0 Å². The second kappa shape index (κ2) is 5.89. The summed E-state index contributed by atoms with van der Waals surface area (Å²) in [7, 11) is 0. The second-order valence-corrected chi connectivity index (χ2v) is 5.51. The molecule has 0 radical (unpaired) electrons. The molecule has 0 saturated carbocycles. The summed E-state index contributed by atoms with van der Waals surface area (Å²) in [4.78, 5) is 4.05. The summed E-state index contributed by atoms with van der Waals surface area (Å²) in [6.07, 6.45) is 1.40. The van der Waals surface area contributed by atoms with Gasteiger partial charge in [-0.25, -0.2) is 13.8 Å². The third kappa shape index (κ3) is 2.74. The largest absolute Gasteiger partial charge is 0.455 e. The highest BCUT2D eigenvalue weighted by Crippen LogP contribution is 2.35. The lowest BCUT2D eigenvalue weighted by Gasteiger charge is -2.13. The van der Waals surface area contributed by atoms with Gasteiger partial charge in [-0.05, 0) is 31.2 Å². The fourth-order valence-electron chi connectivity index (χ4n) is 2.28. The first-order valence-corrected chi connectivity index (χ1v) is 7.14. The zero-order valence-electron chi connectivity index (χ0n) is 11.7. The van der Waals surface area contributed by atoms with Gasteiger partial charge in [0, 0.05) is 10.9 Å². The van der Waals surface area contributed by atoms with Gasteiger partial charge in [0.1, 0.15) is 28.7 Å². The molecule has 0 aliphatic heterocycles. The first kappa shape index (κ1) is 14.7. The molecule has 0 N–H and O–H groups in total. The molecule has 112 valence electrons. The number of hydrogen-bond acceptors (Lipinski definition) is 2. The summed E-state index contributed by atoms with van der Waals surface area (Å²) < 4.78 is 33.2. The van der Waals surface area contributed by atoms with E-state index in [0.717, 1.165) is 0 Å². The molecule has 0 aliphatic rings. The SMILES string of the molecule is CC(Cl)c1c(F)cccc1Oc1cnc2c(F)cccc2c1. The van der Waals surface area contributed by atoms with Crippen molar-refractivity contribution in [3.05, 3.63) is 65.9 Å². The molecule has 1 unspecified atom stereocenters. The highest BCUT2D eigenvalue weighted by atomic mass is 35.5. The van der Waals surface area contributed by atoms with Crippen LogP contribution in [0.15, 0.2) is 48.7 Å². The third-order valence-electron chi connectivity index (χ3n) is 3.28. The van der Waals surface area contributed by atoms with Crippen LogP contribution in [0, 0.1) is 11.6 Å². The van der Waals surface area contributed by atoms with E-state index in [-0.39, 0.29) is 11.1 Å². The van der Waals surface area contributed by atoms with Crippen LogP contribution in [0.25, 0.3) is 10.9 Å². The molecule has 0 aliphatic carbocycles. The Morgan fingerprint density at radius 2 is 1.82 bits per heavy atom. The maximum atomic E-state index is 13.9. The molecule has 3 rings (SSSR count). The average Bonchev–Trinajstić information content (AvgIpc) is 2.47. The Kier molecular flexibility index (Phi) is 3.94. The maximum absolute atomic E-state index is 13.9. The van der Waals surface area contributed by atoms with E-state index in [1.54, 1.807) is 37.3 Å². The molecule has 1 heterocycles. The van der Waals surface area contributed by atoms with E-state index in [1.165, 1.54) is 18.3 Å². The summed E-state index contributed by atoms with van der Waals surface area (Å²) in [6.45, 7) is 1.67. The standard InChI is InChI=1S/C17H12ClF2NO/c1-10(18)16-13(19)5-3-7-15(16)22-12-8-11-4-2-6-14(20)17(11)21-9-12/h2-10H,1H3. The number of ether oxygens (including phenoxy) is 1. The fourth-order valence-corrected chi connectivity index (χ4v) is 2.49. The van der Waals surface area contributed by atoms with E-state index in [0.29, 0.717) is 16.9 Å². The van der Waals surface area contributed by atoms with Crippen molar-refractivity contribution in [1.82, 2.24) is 4.98 Å². The lowest BCUT2D eigenvalue weighted by Crippen LogP contribution is -1.97. The number of hydrogen-bond donors (Lipinski definition) is 0. The normalized spacial score (nSPS) is 12.4. The van der Waals surface area contributed by atoms with Crippen LogP contribution >= 0.6 is 11.6 Å². The molecule has 1 atom stereocenters. The van der Waals surface area contributed by atoms with Crippen molar-refractivity contribution < 1.29 is 13.5 Å². The molecule has 3 aromatic rings. The number of para-hydroxylation sites is 1. The number of fused-ring (bicyclic) bond motifs is 1. The van der Waals surface area contributed by atoms with Crippen LogP contribution in [0.5, 0.6) is 11.5 Å². The Balaban J connectivity index is 2.02. The number of halogens is 3. The van der Waals surface area contributed by atoms with Crippen LogP contribution in [0.2, 0.25) is 0 Å². The fraction of sp³-hybridized carbons (Fsp3) is 0.118. The third-order valence-corrected chi connectivity index (χ3v) is 3.49. The summed E-state index contributed by atoms with van der Waals surface area (Å²) in [5.74, 6) is -0.119. The molecule has 0 bridgehead atoms. The molecule has 2 nitrogen and oxygen atoms in total. The Hall–Kier alpha value is -2.20. The second-order valence-electron chi connectivity index (χ2n) is 4.85. The Bertz CT molecular complexity index is 836. The van der Waals surface area contributed by atoms with Crippen molar-refractivity contribution in [2.75, 3.05) is 0 Å². The van der Waals surface area contributed by atoms with E-state index in [4.69, 9.17) is 16.3 Å². The van der Waals surface area contributed by atoms with E-state index in [2.05, 4.69) is 4.98 Å². The predicted molar refractivity (Wildman–Crippen MR) is 82.4 cm³/mol. The molecule has 22 heavy (non-hydrogen) atoms. The topological polar surface area (TPSA) is 22.1 Å². The van der Waals surface area contributed by atoms with Crippen LogP contribution in [-0.2, 0) is 0 Å². The highest BCUT2D eigenvalue weighted by Gasteiger charge is 2.15. The van der Waals surface area contributed by atoms with E-state index >= 15 is 0 Å². The first-order chi connectivity index (χ1) is 10.6. The summed E-state index contributed by atoms with van der Waals surface area (Å²) in [6, 6.07) is 10.8. The van der Waals surface area contributed by atoms with Crippen LogP contribution in [0.4, 0.5) is 8.78 Å². The van der Waals surface area contributed by atoms with Gasteiger partial charge in [0.2, 0.25) is 0 Å². The molecule has 5 heteroatoms. The van der Waals surface area contributed by atoms with Crippen molar-refractivity contribution in [3.63, 3.8) is 0 Å². The number of rotatable bonds is 3. The number of alkyl halides is 1. The molecule has 2 aromatic carbocycles. The summed E-state index contributed by atoms with van der Waals surface area (Å²) >= 11 is 6.01. The smallest absolute Gasteiger partial charge is 0.149 e. The minimum atomic E-state index is -0.540. The Morgan fingerprint density at radius 1 is 1.09 bits per heavy atom. The molecule has 0 fully saturated rings. The lowest BCUT2D eigenvalue weighted by molar-refractivity contribution is 0.466. The minimum absolute atomic E-state index is 0.264. The quantitative estimate of drug-likeness (QED) is 0.586. The predicted octanol–water partition coefficient (Wildman–Crippen LogP) is 5.61. The van der Waals surface area contributed by atoms with Crippen LogP contribution in [0.1, 0.15) is 17.9 Å². The van der Waals surface area contributed by atoms with Gasteiger partial charge in [-0.2, -0.15) is 0 Å². The molecule has 0 spiro atoms. The van der Waals surface area contributed by atoms with Crippen molar-refractivity contribution >= 4 is 22.5 Å². The summed E-state index contributed by atoms with van der Waals surface area (Å²) in [5, 5.41) is 0.0661. The zero-order chi connectivity index (χ0) is 15.7. The zero-order valence-corrected chi connectivity index (χ0v) is 12.4. The first-order valence-electron chi connectivity index (χ1n) is 6.71. The van der Waals surface area contributed by atoms with Crippen molar-refractivity contribution in [2.24, 2.45) is 0 Å². The molecule has 0 amide bonds. The average molecular weight is 320 g/mol. The number of aromatic nitrogens is 1. The number of pyridine rings is 1. The lowest BCUT2D eigenvalue weighted by atomic mass is 10.1. The number of benzene rings is 2. The van der Waals surface area contributed by atoms with E-state index in [1.807, 2.05) is 0 Å². The molecule has 1 aromatic heterocycles. The van der Waals surface area contributed by atoms with E-state index in [9.17, 15) is 8.78 Å². The Labute approximate surface area is 131 Å². The monoisotopic (exact) mass is 319 g/mol. The minimum Gasteiger partial charge on any atom is -0.455 e. The molecular weight excluding hydrogens is 308 g/mol. The molecular formula is C17H12ClF2NO. The van der Waals surface area contributed by atoms with Crippen LogP contribution < -0.4 is 4.74 Å². The van der Waals surface area contributed by atoms with Gasteiger partial charge in [-0.1, -0.05) is 18.2 Å². The maximum Gasteiger partial charge on any atom is 0.149 e. The van der Waals surface area contributed by atoms with Gasteiger partial charge < -0.3 is 4.74 Å².